The van der Waals surface area contributed by atoms with Crippen molar-refractivity contribution in [1.82, 2.24) is 9.97 Å². The molecule has 0 N–H and O–H groups in total. The standard InChI is InChI=1S/C17H21N3O2S/c1-20(2)17-18-15-7-5-4-6-14(15)16(19-17)12-8-10-13(11-9-12)23(3,21)22/h8-11H,4-7H2,1-3H3. The second-order valence-electron chi connectivity index (χ2n) is 6.20. The first kappa shape index (κ1) is 15.9. The molecule has 0 saturated heterocycles. The minimum absolute atomic E-state index is 0.331. The largest absolute Gasteiger partial charge is 0.347 e. The van der Waals surface area contributed by atoms with E-state index < -0.39 is 9.84 Å². The summed E-state index contributed by atoms with van der Waals surface area (Å²) in [6, 6.07) is 6.98. The zero-order valence-corrected chi connectivity index (χ0v) is 14.5. The lowest BCUT2D eigenvalue weighted by atomic mass is 9.92. The fourth-order valence-electron chi connectivity index (χ4n) is 2.88. The summed E-state index contributed by atoms with van der Waals surface area (Å²) in [5, 5.41) is 0. The molecule has 1 heterocycles. The second-order valence-corrected chi connectivity index (χ2v) is 8.21. The molecule has 0 amide bonds. The molecule has 0 aliphatic heterocycles. The average molecular weight is 331 g/mol. The summed E-state index contributed by atoms with van der Waals surface area (Å²) in [7, 11) is 0.682. The molecule has 1 aliphatic carbocycles. The van der Waals surface area contributed by atoms with Gasteiger partial charge in [0.2, 0.25) is 5.95 Å². The van der Waals surface area contributed by atoms with Crippen LogP contribution in [-0.4, -0.2) is 38.7 Å². The Bertz CT molecular complexity index is 828. The van der Waals surface area contributed by atoms with Gasteiger partial charge in [-0.1, -0.05) is 12.1 Å². The van der Waals surface area contributed by atoms with Gasteiger partial charge >= 0.3 is 0 Å². The van der Waals surface area contributed by atoms with Gasteiger partial charge in [0.1, 0.15) is 0 Å². The van der Waals surface area contributed by atoms with E-state index in [4.69, 9.17) is 4.98 Å². The molecule has 0 spiro atoms. The topological polar surface area (TPSA) is 63.2 Å². The van der Waals surface area contributed by atoms with Crippen LogP contribution >= 0.6 is 0 Å². The van der Waals surface area contributed by atoms with Gasteiger partial charge in [0, 0.05) is 37.2 Å². The van der Waals surface area contributed by atoms with Gasteiger partial charge in [-0.25, -0.2) is 18.4 Å². The molecule has 3 rings (SSSR count). The van der Waals surface area contributed by atoms with Gasteiger partial charge in [0.15, 0.2) is 9.84 Å². The lowest BCUT2D eigenvalue weighted by Crippen LogP contribution is -2.17. The van der Waals surface area contributed by atoms with Crippen molar-refractivity contribution in [1.29, 1.82) is 0 Å². The van der Waals surface area contributed by atoms with Crippen LogP contribution in [0.1, 0.15) is 24.1 Å². The van der Waals surface area contributed by atoms with E-state index in [2.05, 4.69) is 4.98 Å². The summed E-state index contributed by atoms with van der Waals surface area (Å²) < 4.78 is 23.2. The number of nitrogens with zero attached hydrogens (tertiary/aromatic N) is 3. The Morgan fingerprint density at radius 3 is 2.26 bits per heavy atom. The summed E-state index contributed by atoms with van der Waals surface area (Å²) in [4.78, 5) is 11.6. The van der Waals surface area contributed by atoms with E-state index in [-0.39, 0.29) is 0 Å². The van der Waals surface area contributed by atoms with Crippen molar-refractivity contribution in [2.75, 3.05) is 25.3 Å². The zero-order chi connectivity index (χ0) is 16.6. The Kier molecular flexibility index (Phi) is 4.10. The number of benzene rings is 1. The quantitative estimate of drug-likeness (QED) is 0.865. The fourth-order valence-corrected chi connectivity index (χ4v) is 3.51. The van der Waals surface area contributed by atoms with E-state index in [9.17, 15) is 8.42 Å². The molecule has 2 aromatic rings. The number of fused-ring (bicyclic) bond motifs is 1. The minimum Gasteiger partial charge on any atom is -0.347 e. The van der Waals surface area contributed by atoms with Crippen LogP contribution in [0, 0.1) is 0 Å². The van der Waals surface area contributed by atoms with Crippen molar-refractivity contribution in [2.24, 2.45) is 0 Å². The van der Waals surface area contributed by atoms with Crippen LogP contribution in [0.3, 0.4) is 0 Å². The van der Waals surface area contributed by atoms with Crippen LogP contribution in [0.15, 0.2) is 29.2 Å². The van der Waals surface area contributed by atoms with Gasteiger partial charge in [-0.3, -0.25) is 0 Å². The van der Waals surface area contributed by atoms with Gasteiger partial charge in [-0.2, -0.15) is 0 Å². The number of rotatable bonds is 3. The monoisotopic (exact) mass is 331 g/mol. The summed E-state index contributed by atoms with van der Waals surface area (Å²) >= 11 is 0. The SMILES string of the molecule is CN(C)c1nc2c(c(-c3ccc(S(C)(=O)=O)cc3)n1)CCCC2. The minimum atomic E-state index is -3.18. The number of hydrogen-bond donors (Lipinski definition) is 0. The Hall–Kier alpha value is -1.95. The van der Waals surface area contributed by atoms with E-state index in [1.165, 1.54) is 11.8 Å². The highest BCUT2D eigenvalue weighted by molar-refractivity contribution is 7.90. The first-order chi connectivity index (χ1) is 10.9. The lowest BCUT2D eigenvalue weighted by molar-refractivity contribution is 0.602. The van der Waals surface area contributed by atoms with Crippen molar-refractivity contribution >= 4 is 15.8 Å². The zero-order valence-electron chi connectivity index (χ0n) is 13.7. The maximum Gasteiger partial charge on any atom is 0.225 e. The lowest BCUT2D eigenvalue weighted by Gasteiger charge is -2.21. The van der Waals surface area contributed by atoms with Crippen molar-refractivity contribution in [2.45, 2.75) is 30.6 Å². The average Bonchev–Trinajstić information content (AvgIpc) is 2.53. The van der Waals surface area contributed by atoms with Crippen LogP contribution < -0.4 is 4.90 Å². The number of aromatic nitrogens is 2. The third-order valence-corrected chi connectivity index (χ3v) is 5.26. The Labute approximate surface area is 137 Å². The molecule has 5 nitrogen and oxygen atoms in total. The van der Waals surface area contributed by atoms with Crippen LogP contribution in [0.4, 0.5) is 5.95 Å². The molecule has 0 bridgehead atoms. The highest BCUT2D eigenvalue weighted by Crippen LogP contribution is 2.31. The maximum atomic E-state index is 11.6. The molecular weight excluding hydrogens is 310 g/mol. The van der Waals surface area contributed by atoms with Gasteiger partial charge in [0.25, 0.3) is 0 Å². The van der Waals surface area contributed by atoms with Gasteiger partial charge in [0.05, 0.1) is 10.6 Å². The van der Waals surface area contributed by atoms with Gasteiger partial charge < -0.3 is 4.90 Å². The third-order valence-electron chi connectivity index (χ3n) is 4.13. The predicted octanol–water partition coefficient (Wildman–Crippen LogP) is 2.49. The molecule has 0 fully saturated rings. The van der Waals surface area contributed by atoms with E-state index >= 15 is 0 Å². The highest BCUT2D eigenvalue weighted by atomic mass is 32.2. The number of hydrogen-bond acceptors (Lipinski definition) is 5. The van der Waals surface area contributed by atoms with E-state index in [0.29, 0.717) is 10.8 Å². The molecule has 1 aliphatic rings. The van der Waals surface area contributed by atoms with E-state index in [0.717, 1.165) is 42.6 Å². The predicted molar refractivity (Wildman–Crippen MR) is 91.5 cm³/mol. The molecule has 23 heavy (non-hydrogen) atoms. The summed E-state index contributed by atoms with van der Waals surface area (Å²) in [6.45, 7) is 0. The summed E-state index contributed by atoms with van der Waals surface area (Å²) in [5.74, 6) is 0.702. The number of anilines is 1. The molecule has 1 aromatic heterocycles. The highest BCUT2D eigenvalue weighted by Gasteiger charge is 2.20. The molecular formula is C17H21N3O2S. The smallest absolute Gasteiger partial charge is 0.225 e. The van der Waals surface area contributed by atoms with Gasteiger partial charge in [-0.05, 0) is 37.8 Å². The Morgan fingerprint density at radius 1 is 1.00 bits per heavy atom. The molecule has 6 heteroatoms. The molecule has 1 aromatic carbocycles. The first-order valence-electron chi connectivity index (χ1n) is 7.74. The molecule has 122 valence electrons. The Balaban J connectivity index is 2.13. The number of aryl methyl sites for hydroxylation is 1. The van der Waals surface area contributed by atoms with Crippen LogP contribution in [0.2, 0.25) is 0 Å². The summed E-state index contributed by atoms with van der Waals surface area (Å²) in [6.07, 6.45) is 5.48. The first-order valence-corrected chi connectivity index (χ1v) is 9.63. The van der Waals surface area contributed by atoms with E-state index in [1.54, 1.807) is 12.1 Å². The molecule has 0 saturated carbocycles. The van der Waals surface area contributed by atoms with Crippen molar-refractivity contribution in [3.05, 3.63) is 35.5 Å². The van der Waals surface area contributed by atoms with Crippen LogP contribution in [0.5, 0.6) is 0 Å². The molecule has 0 unspecified atom stereocenters. The Morgan fingerprint density at radius 2 is 1.65 bits per heavy atom. The molecule has 0 radical (unpaired) electrons. The fraction of sp³-hybridized carbons (Fsp3) is 0.412. The second kappa shape index (κ2) is 5.92. The maximum absolute atomic E-state index is 11.6. The third kappa shape index (κ3) is 3.22. The normalized spacial score (nSPS) is 14.4. The van der Waals surface area contributed by atoms with Crippen molar-refractivity contribution in [3.63, 3.8) is 0 Å². The van der Waals surface area contributed by atoms with E-state index in [1.807, 2.05) is 31.1 Å². The molecule has 0 atom stereocenters. The van der Waals surface area contributed by atoms with Crippen LogP contribution in [0.25, 0.3) is 11.3 Å². The summed E-state index contributed by atoms with van der Waals surface area (Å²) in [5.41, 5.74) is 4.20. The number of sulfone groups is 1. The van der Waals surface area contributed by atoms with Crippen LogP contribution in [-0.2, 0) is 22.7 Å². The van der Waals surface area contributed by atoms with Crippen molar-refractivity contribution in [3.8, 4) is 11.3 Å². The van der Waals surface area contributed by atoms with Gasteiger partial charge in [-0.15, -0.1) is 0 Å². The van der Waals surface area contributed by atoms with Crippen molar-refractivity contribution < 1.29 is 8.42 Å².